The quantitative estimate of drug-likeness (QED) is 0.569. The second kappa shape index (κ2) is 7.17. The normalized spacial score (nSPS) is 11.3. The number of nitrogens with two attached hydrogens (primary N) is 1. The van der Waals surface area contributed by atoms with E-state index in [2.05, 4.69) is 15.0 Å². The van der Waals surface area contributed by atoms with Gasteiger partial charge in [-0.05, 0) is 35.4 Å². The second-order valence-electron chi connectivity index (χ2n) is 6.12. The van der Waals surface area contributed by atoms with E-state index in [4.69, 9.17) is 5.73 Å². The van der Waals surface area contributed by atoms with E-state index in [-0.39, 0.29) is 12.1 Å². The molecule has 0 saturated carbocycles. The lowest BCUT2D eigenvalue weighted by molar-refractivity contribution is 0.151. The molecule has 134 valence electrons. The monoisotopic (exact) mass is 362 g/mol. The van der Waals surface area contributed by atoms with Crippen molar-refractivity contribution in [2.45, 2.75) is 13.0 Å². The van der Waals surface area contributed by atoms with Crippen LogP contribution in [0.25, 0.3) is 33.3 Å². The topological polar surface area (TPSA) is 64.7 Å². The first kappa shape index (κ1) is 17.2. The van der Waals surface area contributed by atoms with Crippen LogP contribution in [0.3, 0.4) is 0 Å². The third-order valence-electron chi connectivity index (χ3n) is 4.48. The average molecular weight is 362 g/mol. The number of rotatable bonds is 4. The smallest absolute Gasteiger partial charge is 0.263 e. The molecule has 0 saturated heterocycles. The molecule has 2 N–H and O–H groups in total. The third kappa shape index (κ3) is 3.27. The molecular weight excluding hydrogens is 346 g/mol. The third-order valence-corrected chi connectivity index (χ3v) is 4.48. The molecule has 0 spiro atoms. The van der Waals surface area contributed by atoms with Gasteiger partial charge in [0.2, 0.25) is 0 Å². The van der Waals surface area contributed by atoms with Gasteiger partial charge in [0.05, 0.1) is 11.2 Å². The molecular formula is C21H16F2N4. The lowest BCUT2D eigenvalue weighted by Crippen LogP contribution is -2.02. The highest BCUT2D eigenvalue weighted by molar-refractivity contribution is 5.88. The van der Waals surface area contributed by atoms with Crippen LogP contribution in [0.2, 0.25) is 0 Å². The summed E-state index contributed by atoms with van der Waals surface area (Å²) in [7, 11) is 0. The number of alkyl halides is 2. The highest BCUT2D eigenvalue weighted by Gasteiger charge is 2.16. The summed E-state index contributed by atoms with van der Waals surface area (Å²) in [4.78, 5) is 12.8. The van der Waals surface area contributed by atoms with E-state index in [1.54, 1.807) is 18.5 Å². The van der Waals surface area contributed by atoms with Gasteiger partial charge in [0.1, 0.15) is 6.33 Å². The fraction of sp³-hybridized carbons (Fsp3) is 0.0952. The number of fused-ring (bicyclic) bond motifs is 1. The van der Waals surface area contributed by atoms with E-state index in [0.717, 1.165) is 27.6 Å². The van der Waals surface area contributed by atoms with E-state index in [1.165, 1.54) is 18.5 Å². The molecule has 2 aromatic carbocycles. The summed E-state index contributed by atoms with van der Waals surface area (Å²) in [6.07, 6.45) is 2.34. The zero-order valence-corrected chi connectivity index (χ0v) is 14.3. The Balaban J connectivity index is 1.92. The van der Waals surface area contributed by atoms with Crippen molar-refractivity contribution in [3.63, 3.8) is 0 Å². The van der Waals surface area contributed by atoms with E-state index in [9.17, 15) is 8.78 Å². The lowest BCUT2D eigenvalue weighted by atomic mass is 9.94. The standard InChI is InChI=1S/C21H16F2N4/c22-21(23)14-3-4-15(10-24)18(9-14)20-17(2-1-7-26-20)13-5-6-19-16(8-13)11-25-12-27-19/h1-9,11-12,21H,10,24H2. The molecule has 4 rings (SSSR count). The average Bonchev–Trinajstić information content (AvgIpc) is 2.73. The number of hydrogen-bond acceptors (Lipinski definition) is 4. The van der Waals surface area contributed by atoms with Crippen LogP contribution in [0.15, 0.2) is 67.3 Å². The molecule has 0 aliphatic carbocycles. The van der Waals surface area contributed by atoms with Crippen LogP contribution in [-0.2, 0) is 6.54 Å². The molecule has 0 aliphatic rings. The minimum atomic E-state index is -2.56. The van der Waals surface area contributed by atoms with Crippen LogP contribution < -0.4 is 5.73 Å². The molecule has 0 radical (unpaired) electrons. The first-order valence-corrected chi connectivity index (χ1v) is 8.44. The first-order valence-electron chi connectivity index (χ1n) is 8.44. The predicted octanol–water partition coefficient (Wildman–Crippen LogP) is 4.76. The Morgan fingerprint density at radius 1 is 0.963 bits per heavy atom. The van der Waals surface area contributed by atoms with Gasteiger partial charge in [-0.3, -0.25) is 4.98 Å². The minimum Gasteiger partial charge on any atom is -0.326 e. The summed E-state index contributed by atoms with van der Waals surface area (Å²) < 4.78 is 26.5. The van der Waals surface area contributed by atoms with Crippen LogP contribution >= 0.6 is 0 Å². The summed E-state index contributed by atoms with van der Waals surface area (Å²) in [6, 6.07) is 14.1. The van der Waals surface area contributed by atoms with Crippen molar-refractivity contribution < 1.29 is 8.78 Å². The van der Waals surface area contributed by atoms with E-state index >= 15 is 0 Å². The summed E-state index contributed by atoms with van der Waals surface area (Å²) in [5.74, 6) is 0. The van der Waals surface area contributed by atoms with Gasteiger partial charge in [-0.1, -0.05) is 24.3 Å². The molecule has 0 fully saturated rings. The maximum atomic E-state index is 13.2. The Morgan fingerprint density at radius 3 is 2.67 bits per heavy atom. The lowest BCUT2D eigenvalue weighted by Gasteiger charge is -2.14. The summed E-state index contributed by atoms with van der Waals surface area (Å²) in [5.41, 5.74) is 10.4. The number of benzene rings is 2. The molecule has 27 heavy (non-hydrogen) atoms. The number of nitrogens with zero attached hydrogens (tertiary/aromatic N) is 3. The van der Waals surface area contributed by atoms with E-state index in [0.29, 0.717) is 11.3 Å². The molecule has 0 unspecified atom stereocenters. The maximum Gasteiger partial charge on any atom is 0.263 e. The molecule has 0 atom stereocenters. The Labute approximate surface area is 154 Å². The van der Waals surface area contributed by atoms with Crippen molar-refractivity contribution in [1.29, 1.82) is 0 Å². The van der Waals surface area contributed by atoms with E-state index < -0.39 is 6.43 Å². The van der Waals surface area contributed by atoms with Gasteiger partial charge < -0.3 is 5.73 Å². The van der Waals surface area contributed by atoms with Crippen molar-refractivity contribution in [2.24, 2.45) is 5.73 Å². The number of halogens is 2. The van der Waals surface area contributed by atoms with Crippen LogP contribution in [-0.4, -0.2) is 15.0 Å². The summed E-state index contributed by atoms with van der Waals surface area (Å²) in [6.45, 7) is 0.237. The highest BCUT2D eigenvalue weighted by atomic mass is 19.3. The predicted molar refractivity (Wildman–Crippen MR) is 101 cm³/mol. The fourth-order valence-corrected chi connectivity index (χ4v) is 3.13. The number of pyridine rings is 1. The highest BCUT2D eigenvalue weighted by Crippen LogP contribution is 2.35. The van der Waals surface area contributed by atoms with Gasteiger partial charge in [0.25, 0.3) is 6.43 Å². The largest absolute Gasteiger partial charge is 0.326 e. The number of aromatic nitrogens is 3. The van der Waals surface area contributed by atoms with Gasteiger partial charge in [0.15, 0.2) is 0 Å². The Bertz CT molecular complexity index is 1110. The summed E-state index contributed by atoms with van der Waals surface area (Å²) >= 11 is 0. The van der Waals surface area contributed by atoms with Crippen LogP contribution in [0.1, 0.15) is 17.6 Å². The van der Waals surface area contributed by atoms with Gasteiger partial charge in [-0.2, -0.15) is 0 Å². The van der Waals surface area contributed by atoms with Gasteiger partial charge in [0, 0.05) is 41.0 Å². The molecule has 0 amide bonds. The van der Waals surface area contributed by atoms with Gasteiger partial charge in [-0.25, -0.2) is 18.7 Å². The molecule has 2 aromatic heterocycles. The zero-order valence-electron chi connectivity index (χ0n) is 14.3. The summed E-state index contributed by atoms with van der Waals surface area (Å²) in [5, 5.41) is 0.894. The van der Waals surface area contributed by atoms with Crippen LogP contribution in [0, 0.1) is 0 Å². The van der Waals surface area contributed by atoms with Crippen molar-refractivity contribution in [1.82, 2.24) is 15.0 Å². The van der Waals surface area contributed by atoms with Crippen LogP contribution in [0.4, 0.5) is 8.78 Å². The van der Waals surface area contributed by atoms with Crippen molar-refractivity contribution in [3.05, 3.63) is 78.4 Å². The minimum absolute atomic E-state index is 0.0503. The Kier molecular flexibility index (Phi) is 4.56. The Hall–Kier alpha value is -3.25. The van der Waals surface area contributed by atoms with Crippen molar-refractivity contribution in [2.75, 3.05) is 0 Å². The second-order valence-corrected chi connectivity index (χ2v) is 6.12. The van der Waals surface area contributed by atoms with Gasteiger partial charge >= 0.3 is 0 Å². The first-order chi connectivity index (χ1) is 13.2. The molecule has 0 aliphatic heterocycles. The number of hydrogen-bond donors (Lipinski definition) is 1. The maximum absolute atomic E-state index is 13.2. The van der Waals surface area contributed by atoms with Crippen LogP contribution in [0.5, 0.6) is 0 Å². The van der Waals surface area contributed by atoms with Gasteiger partial charge in [-0.15, -0.1) is 0 Å². The molecule has 2 heterocycles. The SMILES string of the molecule is NCc1ccc(C(F)F)cc1-c1ncccc1-c1ccc2ncncc2c1. The molecule has 0 bridgehead atoms. The fourth-order valence-electron chi connectivity index (χ4n) is 3.13. The van der Waals surface area contributed by atoms with Crippen molar-refractivity contribution >= 4 is 10.9 Å². The van der Waals surface area contributed by atoms with E-state index in [1.807, 2.05) is 30.3 Å². The molecule has 6 heteroatoms. The molecule has 4 nitrogen and oxygen atoms in total. The zero-order chi connectivity index (χ0) is 18.8. The Morgan fingerprint density at radius 2 is 1.85 bits per heavy atom. The molecule has 4 aromatic rings. The van der Waals surface area contributed by atoms with Crippen molar-refractivity contribution in [3.8, 4) is 22.4 Å².